The summed E-state index contributed by atoms with van der Waals surface area (Å²) in [6, 6.07) is 16.2. The van der Waals surface area contributed by atoms with Gasteiger partial charge in [0.2, 0.25) is 17.7 Å². The third-order valence-electron chi connectivity index (χ3n) is 5.08. The van der Waals surface area contributed by atoms with Crippen LogP contribution in [0, 0.1) is 6.92 Å². The molecule has 3 aromatic rings. The number of amides is 1. The first kappa shape index (κ1) is 21.6. The number of aryl methyl sites for hydroxylation is 4. The molecule has 2 aromatic carbocycles. The molecule has 0 spiro atoms. The molecule has 158 valence electrons. The SMILES string of the molecule is CCC(NC(=O)CCc1nnc(CCc2ccc(OC)cc2)o1)c1ccc(C)cc1. The molecule has 1 atom stereocenters. The maximum absolute atomic E-state index is 12.4. The predicted octanol–water partition coefficient (Wildman–Crippen LogP) is 4.37. The second-order valence-electron chi connectivity index (χ2n) is 7.38. The molecule has 0 saturated heterocycles. The van der Waals surface area contributed by atoms with Crippen molar-refractivity contribution in [1.82, 2.24) is 15.5 Å². The Morgan fingerprint density at radius 3 is 2.30 bits per heavy atom. The number of nitrogens with zero attached hydrogens (tertiary/aromatic N) is 2. The Labute approximate surface area is 177 Å². The van der Waals surface area contributed by atoms with Gasteiger partial charge in [-0.05, 0) is 43.0 Å². The third kappa shape index (κ3) is 6.17. The van der Waals surface area contributed by atoms with Crippen LogP contribution in [0.4, 0.5) is 0 Å². The molecule has 30 heavy (non-hydrogen) atoms. The minimum atomic E-state index is -0.0135. The van der Waals surface area contributed by atoms with E-state index in [1.54, 1.807) is 7.11 Å². The van der Waals surface area contributed by atoms with Crippen LogP contribution >= 0.6 is 0 Å². The van der Waals surface area contributed by atoms with E-state index in [0.29, 0.717) is 31.0 Å². The molecular formula is C24H29N3O3. The van der Waals surface area contributed by atoms with Gasteiger partial charge in [0.05, 0.1) is 13.2 Å². The molecule has 0 aliphatic heterocycles. The van der Waals surface area contributed by atoms with Crippen molar-refractivity contribution in [2.45, 2.75) is 52.0 Å². The number of aromatic nitrogens is 2. The highest BCUT2D eigenvalue weighted by atomic mass is 16.5. The van der Waals surface area contributed by atoms with E-state index in [0.717, 1.165) is 24.2 Å². The van der Waals surface area contributed by atoms with E-state index >= 15 is 0 Å². The molecular weight excluding hydrogens is 378 g/mol. The Bertz CT molecular complexity index is 933. The summed E-state index contributed by atoms with van der Waals surface area (Å²) in [5.41, 5.74) is 3.51. The van der Waals surface area contributed by atoms with Crippen molar-refractivity contribution < 1.29 is 13.9 Å². The molecule has 1 aromatic heterocycles. The largest absolute Gasteiger partial charge is 0.497 e. The summed E-state index contributed by atoms with van der Waals surface area (Å²) in [7, 11) is 1.65. The van der Waals surface area contributed by atoms with E-state index in [4.69, 9.17) is 9.15 Å². The molecule has 6 nitrogen and oxygen atoms in total. The number of benzene rings is 2. The molecule has 0 radical (unpaired) electrons. The van der Waals surface area contributed by atoms with Crippen LogP contribution in [0.2, 0.25) is 0 Å². The Morgan fingerprint density at radius 2 is 1.67 bits per heavy atom. The van der Waals surface area contributed by atoms with E-state index in [9.17, 15) is 4.79 Å². The molecule has 1 unspecified atom stereocenters. The number of methoxy groups -OCH3 is 1. The summed E-state index contributed by atoms with van der Waals surface area (Å²) in [5, 5.41) is 11.3. The van der Waals surface area contributed by atoms with Gasteiger partial charge in [-0.1, -0.05) is 48.9 Å². The minimum Gasteiger partial charge on any atom is -0.497 e. The van der Waals surface area contributed by atoms with Gasteiger partial charge >= 0.3 is 0 Å². The standard InChI is InChI=1S/C24H29N3O3/c1-4-21(19-10-5-17(2)6-11-19)25-22(28)14-16-24-27-26-23(30-24)15-9-18-7-12-20(29-3)13-8-18/h5-8,10-13,21H,4,9,14-16H2,1-3H3,(H,25,28). The lowest BCUT2D eigenvalue weighted by Crippen LogP contribution is -2.28. The van der Waals surface area contributed by atoms with Gasteiger partial charge in [-0.25, -0.2) is 0 Å². The molecule has 1 amide bonds. The lowest BCUT2D eigenvalue weighted by molar-refractivity contribution is -0.121. The van der Waals surface area contributed by atoms with Gasteiger partial charge in [0, 0.05) is 19.3 Å². The molecule has 1 heterocycles. The molecule has 0 saturated carbocycles. The lowest BCUT2D eigenvalue weighted by Gasteiger charge is -2.17. The summed E-state index contributed by atoms with van der Waals surface area (Å²) in [6.45, 7) is 4.12. The fourth-order valence-corrected chi connectivity index (χ4v) is 3.24. The molecule has 0 aliphatic carbocycles. The first-order chi connectivity index (χ1) is 14.6. The topological polar surface area (TPSA) is 77.2 Å². The fourth-order valence-electron chi connectivity index (χ4n) is 3.24. The van der Waals surface area contributed by atoms with Crippen molar-refractivity contribution in [3.05, 3.63) is 77.0 Å². The maximum atomic E-state index is 12.4. The van der Waals surface area contributed by atoms with Crippen LogP contribution in [0.15, 0.2) is 52.9 Å². The van der Waals surface area contributed by atoms with Gasteiger partial charge in [-0.15, -0.1) is 10.2 Å². The van der Waals surface area contributed by atoms with Gasteiger partial charge in [0.25, 0.3) is 0 Å². The highest BCUT2D eigenvalue weighted by Gasteiger charge is 2.14. The van der Waals surface area contributed by atoms with Crippen molar-refractivity contribution in [3.8, 4) is 5.75 Å². The quantitative estimate of drug-likeness (QED) is 0.540. The Hall–Kier alpha value is -3.15. The van der Waals surface area contributed by atoms with Crippen LogP contribution in [-0.2, 0) is 24.1 Å². The first-order valence-corrected chi connectivity index (χ1v) is 10.4. The summed E-state index contributed by atoms with van der Waals surface area (Å²) < 4.78 is 10.9. The Morgan fingerprint density at radius 1 is 1.00 bits per heavy atom. The number of nitrogens with one attached hydrogen (secondary N) is 1. The first-order valence-electron chi connectivity index (χ1n) is 10.4. The molecule has 1 N–H and O–H groups in total. The number of carbonyl (C=O) groups excluding carboxylic acids is 1. The van der Waals surface area contributed by atoms with Crippen LogP contribution in [-0.4, -0.2) is 23.2 Å². The maximum Gasteiger partial charge on any atom is 0.220 e. The molecule has 3 rings (SSSR count). The zero-order valence-corrected chi connectivity index (χ0v) is 17.9. The fraction of sp³-hybridized carbons (Fsp3) is 0.375. The van der Waals surface area contributed by atoms with E-state index in [1.165, 1.54) is 11.1 Å². The normalized spacial score (nSPS) is 11.8. The van der Waals surface area contributed by atoms with E-state index in [1.807, 2.05) is 24.3 Å². The van der Waals surface area contributed by atoms with Crippen molar-refractivity contribution >= 4 is 5.91 Å². The van der Waals surface area contributed by atoms with Gasteiger partial charge in [-0.3, -0.25) is 4.79 Å². The zero-order chi connectivity index (χ0) is 21.3. The summed E-state index contributed by atoms with van der Waals surface area (Å²) >= 11 is 0. The lowest BCUT2D eigenvalue weighted by atomic mass is 10.0. The highest BCUT2D eigenvalue weighted by Crippen LogP contribution is 2.18. The second-order valence-corrected chi connectivity index (χ2v) is 7.38. The van der Waals surface area contributed by atoms with Crippen molar-refractivity contribution in [3.63, 3.8) is 0 Å². The summed E-state index contributed by atoms with van der Waals surface area (Å²) in [5.74, 6) is 1.91. The van der Waals surface area contributed by atoms with Crippen LogP contribution in [0.5, 0.6) is 5.75 Å². The number of hydrogen-bond donors (Lipinski definition) is 1. The van der Waals surface area contributed by atoms with Gasteiger partial charge in [0.1, 0.15) is 5.75 Å². The Kier molecular flexibility index (Phi) is 7.60. The summed E-state index contributed by atoms with van der Waals surface area (Å²) in [4.78, 5) is 12.4. The van der Waals surface area contributed by atoms with Crippen molar-refractivity contribution in [1.29, 1.82) is 0 Å². The second kappa shape index (κ2) is 10.6. The minimum absolute atomic E-state index is 0.0135. The van der Waals surface area contributed by atoms with Crippen LogP contribution in [0.3, 0.4) is 0 Å². The number of rotatable bonds is 10. The third-order valence-corrected chi connectivity index (χ3v) is 5.08. The molecule has 0 aliphatic rings. The van der Waals surface area contributed by atoms with E-state index < -0.39 is 0 Å². The van der Waals surface area contributed by atoms with Crippen molar-refractivity contribution in [2.24, 2.45) is 0 Å². The molecule has 0 bridgehead atoms. The van der Waals surface area contributed by atoms with Crippen LogP contribution < -0.4 is 10.1 Å². The average molecular weight is 408 g/mol. The Balaban J connectivity index is 1.45. The van der Waals surface area contributed by atoms with Crippen molar-refractivity contribution in [2.75, 3.05) is 7.11 Å². The number of carbonyl (C=O) groups is 1. The van der Waals surface area contributed by atoms with Crippen LogP contribution in [0.25, 0.3) is 0 Å². The zero-order valence-electron chi connectivity index (χ0n) is 17.9. The summed E-state index contributed by atoms with van der Waals surface area (Å²) in [6.07, 6.45) is 3.07. The number of hydrogen-bond acceptors (Lipinski definition) is 5. The van der Waals surface area contributed by atoms with Gasteiger partial charge in [-0.2, -0.15) is 0 Å². The molecule has 6 heteroatoms. The number of ether oxygens (including phenoxy) is 1. The predicted molar refractivity (Wildman–Crippen MR) is 115 cm³/mol. The molecule has 0 fully saturated rings. The highest BCUT2D eigenvalue weighted by molar-refractivity contribution is 5.76. The van der Waals surface area contributed by atoms with Gasteiger partial charge in [0.15, 0.2) is 0 Å². The van der Waals surface area contributed by atoms with E-state index in [2.05, 4.69) is 53.6 Å². The smallest absolute Gasteiger partial charge is 0.220 e. The van der Waals surface area contributed by atoms with Crippen LogP contribution in [0.1, 0.15) is 54.3 Å². The van der Waals surface area contributed by atoms with Gasteiger partial charge < -0.3 is 14.5 Å². The monoisotopic (exact) mass is 407 g/mol. The average Bonchev–Trinajstić information content (AvgIpc) is 3.23. The van der Waals surface area contributed by atoms with E-state index in [-0.39, 0.29) is 11.9 Å².